The Morgan fingerprint density at radius 2 is 2.11 bits per heavy atom. The summed E-state index contributed by atoms with van der Waals surface area (Å²) in [7, 11) is 1.37. The molecule has 4 heteroatoms. The van der Waals surface area contributed by atoms with Gasteiger partial charge in [-0.3, -0.25) is 4.79 Å². The summed E-state index contributed by atoms with van der Waals surface area (Å²) in [6.45, 7) is 1.84. The van der Waals surface area contributed by atoms with Crippen LogP contribution in [0.15, 0.2) is 0 Å². The molecular formula is C5H8Br2O2. The molecule has 0 radical (unpaired) electrons. The van der Waals surface area contributed by atoms with Gasteiger partial charge in [-0.25, -0.2) is 0 Å². The molecule has 0 aromatic carbocycles. The fourth-order valence-corrected chi connectivity index (χ4v) is 0.783. The van der Waals surface area contributed by atoms with Crippen LogP contribution in [0.5, 0.6) is 0 Å². The lowest BCUT2D eigenvalue weighted by molar-refractivity contribution is -0.140. The van der Waals surface area contributed by atoms with E-state index in [1.165, 1.54) is 7.11 Å². The van der Waals surface area contributed by atoms with Crippen molar-refractivity contribution in [2.45, 2.75) is 16.6 Å². The largest absolute Gasteiger partial charge is 0.469 e. The number of rotatable bonds is 2. The number of esters is 1. The van der Waals surface area contributed by atoms with Crippen molar-refractivity contribution in [2.24, 2.45) is 0 Å². The second-order valence-electron chi connectivity index (χ2n) is 1.82. The van der Waals surface area contributed by atoms with E-state index in [0.29, 0.717) is 6.42 Å². The van der Waals surface area contributed by atoms with E-state index < -0.39 is 0 Å². The van der Waals surface area contributed by atoms with E-state index >= 15 is 0 Å². The van der Waals surface area contributed by atoms with Crippen molar-refractivity contribution in [1.29, 1.82) is 0 Å². The van der Waals surface area contributed by atoms with E-state index in [0.717, 1.165) is 0 Å². The molecule has 9 heavy (non-hydrogen) atoms. The normalized spacial score (nSPS) is 11.1. The van der Waals surface area contributed by atoms with Gasteiger partial charge in [-0.2, -0.15) is 0 Å². The Morgan fingerprint density at radius 3 is 2.22 bits per heavy atom. The van der Waals surface area contributed by atoms with E-state index in [-0.39, 0.29) is 9.20 Å². The second kappa shape index (κ2) is 3.56. The summed E-state index contributed by atoms with van der Waals surface area (Å²) in [5.74, 6) is -0.230. The van der Waals surface area contributed by atoms with E-state index in [1.807, 2.05) is 6.92 Å². The number of carbonyl (C=O) groups is 1. The van der Waals surface area contributed by atoms with Gasteiger partial charge in [-0.1, -0.05) is 31.9 Å². The molecule has 0 rings (SSSR count). The van der Waals surface area contributed by atoms with Crippen LogP contribution in [-0.2, 0) is 9.53 Å². The number of carbonyl (C=O) groups excluding carboxylic acids is 1. The molecule has 0 aromatic rings. The first-order valence-electron chi connectivity index (χ1n) is 2.40. The number of hydrogen-bond acceptors (Lipinski definition) is 2. The first kappa shape index (κ1) is 9.43. The molecule has 0 aliphatic rings. The van der Waals surface area contributed by atoms with Crippen molar-refractivity contribution in [3.63, 3.8) is 0 Å². The molecule has 0 aromatic heterocycles. The Hall–Kier alpha value is 0.430. The molecule has 0 aliphatic carbocycles. The van der Waals surface area contributed by atoms with Crippen LogP contribution in [0.3, 0.4) is 0 Å². The van der Waals surface area contributed by atoms with Crippen molar-refractivity contribution in [2.75, 3.05) is 7.11 Å². The highest BCUT2D eigenvalue weighted by Gasteiger charge is 2.19. The van der Waals surface area contributed by atoms with E-state index in [1.54, 1.807) is 0 Å². The van der Waals surface area contributed by atoms with Gasteiger partial charge in [0, 0.05) is 0 Å². The number of methoxy groups -OCH3 is 1. The minimum absolute atomic E-state index is 0.230. The van der Waals surface area contributed by atoms with Crippen LogP contribution >= 0.6 is 31.9 Å². The SMILES string of the molecule is COC(=O)CC(C)(Br)Br. The predicted molar refractivity (Wildman–Crippen MR) is 42.9 cm³/mol. The van der Waals surface area contributed by atoms with Crippen LogP contribution < -0.4 is 0 Å². The minimum Gasteiger partial charge on any atom is -0.469 e. The second-order valence-corrected chi connectivity index (χ2v) is 6.39. The molecule has 0 N–H and O–H groups in total. The predicted octanol–water partition coefficient (Wildman–Crippen LogP) is 2.06. The Balaban J connectivity index is 3.60. The summed E-state index contributed by atoms with van der Waals surface area (Å²) in [6.07, 6.45) is 0.323. The molecule has 0 atom stereocenters. The van der Waals surface area contributed by atoms with Gasteiger partial charge in [-0.05, 0) is 6.92 Å². The Bertz CT molecular complexity index is 106. The lowest BCUT2D eigenvalue weighted by Gasteiger charge is -2.10. The van der Waals surface area contributed by atoms with Gasteiger partial charge in [-0.15, -0.1) is 0 Å². The molecule has 0 heterocycles. The monoisotopic (exact) mass is 258 g/mol. The molecular weight excluding hydrogens is 252 g/mol. The maximum Gasteiger partial charge on any atom is 0.307 e. The van der Waals surface area contributed by atoms with Crippen LogP contribution in [-0.4, -0.2) is 16.3 Å². The maximum atomic E-state index is 10.5. The van der Waals surface area contributed by atoms with Crippen molar-refractivity contribution in [3.05, 3.63) is 0 Å². The molecule has 0 fully saturated rings. The summed E-state index contributed by atoms with van der Waals surface area (Å²) < 4.78 is 4.10. The number of ether oxygens (including phenoxy) is 1. The third-order valence-corrected chi connectivity index (χ3v) is 1.24. The molecule has 0 spiro atoms. The Morgan fingerprint density at radius 1 is 1.67 bits per heavy atom. The van der Waals surface area contributed by atoms with Gasteiger partial charge in [0.1, 0.15) is 0 Å². The number of halogens is 2. The minimum atomic E-state index is -0.326. The molecule has 0 amide bonds. The van der Waals surface area contributed by atoms with Crippen LogP contribution in [0.25, 0.3) is 0 Å². The molecule has 0 saturated carbocycles. The first-order chi connectivity index (χ1) is 3.95. The Kier molecular flexibility index (Phi) is 3.73. The Labute approximate surface area is 71.2 Å². The molecule has 0 saturated heterocycles. The lowest BCUT2D eigenvalue weighted by Crippen LogP contribution is -2.13. The summed E-state index contributed by atoms with van der Waals surface area (Å²) in [4.78, 5) is 10.5. The lowest BCUT2D eigenvalue weighted by atomic mass is 10.3. The van der Waals surface area contributed by atoms with Crippen molar-refractivity contribution in [1.82, 2.24) is 0 Å². The van der Waals surface area contributed by atoms with Gasteiger partial charge >= 0.3 is 5.97 Å². The number of hydrogen-bond donors (Lipinski definition) is 0. The zero-order valence-electron chi connectivity index (χ0n) is 5.28. The van der Waals surface area contributed by atoms with Crippen molar-refractivity contribution >= 4 is 37.8 Å². The summed E-state index contributed by atoms with van der Waals surface area (Å²) in [5, 5.41) is 0. The van der Waals surface area contributed by atoms with Crippen molar-refractivity contribution in [3.8, 4) is 0 Å². The smallest absolute Gasteiger partial charge is 0.307 e. The van der Waals surface area contributed by atoms with Crippen molar-refractivity contribution < 1.29 is 9.53 Å². The van der Waals surface area contributed by atoms with Crippen LogP contribution in [0, 0.1) is 0 Å². The average molecular weight is 260 g/mol. The topological polar surface area (TPSA) is 26.3 Å². The van der Waals surface area contributed by atoms with E-state index in [4.69, 9.17) is 0 Å². The molecule has 54 valence electrons. The molecule has 2 nitrogen and oxygen atoms in total. The van der Waals surface area contributed by atoms with Gasteiger partial charge in [0.25, 0.3) is 0 Å². The quantitative estimate of drug-likeness (QED) is 0.561. The van der Waals surface area contributed by atoms with Crippen LogP contribution in [0.4, 0.5) is 0 Å². The highest BCUT2D eigenvalue weighted by molar-refractivity contribution is 9.25. The highest BCUT2D eigenvalue weighted by atomic mass is 79.9. The average Bonchev–Trinajstić information content (AvgIpc) is 1.62. The van der Waals surface area contributed by atoms with Gasteiger partial charge < -0.3 is 4.74 Å². The first-order valence-corrected chi connectivity index (χ1v) is 3.99. The summed E-state index contributed by atoms with van der Waals surface area (Å²) in [6, 6.07) is 0. The zero-order valence-corrected chi connectivity index (χ0v) is 8.45. The van der Waals surface area contributed by atoms with Gasteiger partial charge in [0.15, 0.2) is 0 Å². The fraction of sp³-hybridized carbons (Fsp3) is 0.800. The summed E-state index contributed by atoms with van der Waals surface area (Å²) >= 11 is 6.47. The standard InChI is InChI=1S/C5H8Br2O2/c1-5(6,7)3-4(8)9-2/h3H2,1-2H3. The summed E-state index contributed by atoms with van der Waals surface area (Å²) in [5.41, 5.74) is 0. The van der Waals surface area contributed by atoms with Crippen LogP contribution in [0.1, 0.15) is 13.3 Å². The third kappa shape index (κ3) is 6.31. The number of alkyl halides is 2. The zero-order chi connectivity index (χ0) is 7.49. The highest BCUT2D eigenvalue weighted by Crippen LogP contribution is 2.29. The molecule has 0 bridgehead atoms. The third-order valence-electron chi connectivity index (χ3n) is 0.682. The maximum absolute atomic E-state index is 10.5. The molecule has 0 unspecified atom stereocenters. The fourth-order valence-electron chi connectivity index (χ4n) is 0.326. The van der Waals surface area contributed by atoms with E-state index in [9.17, 15) is 4.79 Å². The van der Waals surface area contributed by atoms with E-state index in [2.05, 4.69) is 36.6 Å². The van der Waals surface area contributed by atoms with Gasteiger partial charge in [0.2, 0.25) is 0 Å². The van der Waals surface area contributed by atoms with Gasteiger partial charge in [0.05, 0.1) is 16.8 Å². The van der Waals surface area contributed by atoms with Crippen LogP contribution in [0.2, 0.25) is 0 Å². The molecule has 0 aliphatic heterocycles.